The van der Waals surface area contributed by atoms with E-state index < -0.39 is 5.54 Å². The second kappa shape index (κ2) is 7.94. The highest BCUT2D eigenvalue weighted by molar-refractivity contribution is 5.71. The Morgan fingerprint density at radius 2 is 1.76 bits per heavy atom. The van der Waals surface area contributed by atoms with Crippen molar-refractivity contribution in [3.8, 4) is 0 Å². The van der Waals surface area contributed by atoms with Crippen LogP contribution in [0.5, 0.6) is 0 Å². The third kappa shape index (κ3) is 3.26. The minimum atomic E-state index is -0.892. The summed E-state index contributed by atoms with van der Waals surface area (Å²) in [6.07, 6.45) is 5.46. The van der Waals surface area contributed by atoms with Crippen molar-refractivity contribution in [3.05, 3.63) is 71.8 Å². The van der Waals surface area contributed by atoms with Gasteiger partial charge in [-0.1, -0.05) is 74.0 Å². The van der Waals surface area contributed by atoms with E-state index in [2.05, 4.69) is 30.2 Å². The number of carbonyl (C=O) groups excluding carboxylic acids is 1. The van der Waals surface area contributed by atoms with E-state index in [9.17, 15) is 9.90 Å². The molecule has 2 aromatic rings. The summed E-state index contributed by atoms with van der Waals surface area (Å²) in [5.74, 6) is -0.0688. The second-order valence-corrected chi connectivity index (χ2v) is 6.89. The summed E-state index contributed by atoms with van der Waals surface area (Å²) in [6, 6.07) is 20.0. The minimum absolute atomic E-state index is 0.0124. The summed E-state index contributed by atoms with van der Waals surface area (Å²) >= 11 is 0. The molecule has 2 aromatic carbocycles. The average molecular weight is 336 g/mol. The highest BCUT2D eigenvalue weighted by atomic mass is 16.3. The van der Waals surface area contributed by atoms with Crippen molar-refractivity contribution in [3.63, 3.8) is 0 Å². The Hall–Kier alpha value is -1.97. The lowest BCUT2D eigenvalue weighted by molar-refractivity contribution is 0.0126. The summed E-state index contributed by atoms with van der Waals surface area (Å²) in [7, 11) is 0. The highest BCUT2D eigenvalue weighted by Crippen LogP contribution is 2.43. The number of nitrogens with zero attached hydrogens (tertiary/aromatic N) is 1. The SMILES string of the molecule is CC(c1ccccc1)C([C]=O)(c1ccccc1)N1CCCCC1CO. The number of aliphatic hydroxyl groups is 1. The van der Waals surface area contributed by atoms with Crippen LogP contribution in [0.4, 0.5) is 0 Å². The summed E-state index contributed by atoms with van der Waals surface area (Å²) in [4.78, 5) is 14.7. The highest BCUT2D eigenvalue weighted by Gasteiger charge is 2.48. The minimum Gasteiger partial charge on any atom is -0.395 e. The zero-order valence-corrected chi connectivity index (χ0v) is 14.8. The molecule has 0 saturated carbocycles. The number of benzene rings is 2. The van der Waals surface area contributed by atoms with E-state index in [1.807, 2.05) is 48.5 Å². The first-order valence-electron chi connectivity index (χ1n) is 9.11. The Balaban J connectivity index is 2.14. The molecule has 3 atom stereocenters. The molecule has 3 nitrogen and oxygen atoms in total. The number of rotatable bonds is 6. The molecule has 3 heteroatoms. The molecular weight excluding hydrogens is 310 g/mol. The molecule has 3 rings (SSSR count). The van der Waals surface area contributed by atoms with Crippen LogP contribution in [0.2, 0.25) is 0 Å². The second-order valence-electron chi connectivity index (χ2n) is 6.89. The molecule has 0 aromatic heterocycles. The monoisotopic (exact) mass is 336 g/mol. The van der Waals surface area contributed by atoms with Crippen molar-refractivity contribution < 1.29 is 9.90 Å². The lowest BCUT2D eigenvalue weighted by Gasteiger charge is -2.49. The summed E-state index contributed by atoms with van der Waals surface area (Å²) < 4.78 is 0. The van der Waals surface area contributed by atoms with E-state index in [1.54, 1.807) is 0 Å². The van der Waals surface area contributed by atoms with Gasteiger partial charge < -0.3 is 5.11 Å². The van der Waals surface area contributed by atoms with Gasteiger partial charge in [-0.3, -0.25) is 9.69 Å². The molecule has 1 fully saturated rings. The predicted molar refractivity (Wildman–Crippen MR) is 100 cm³/mol. The van der Waals surface area contributed by atoms with Gasteiger partial charge in [0.05, 0.1) is 6.61 Å². The van der Waals surface area contributed by atoms with E-state index in [1.165, 1.54) is 0 Å². The quantitative estimate of drug-likeness (QED) is 0.875. The molecule has 0 aliphatic carbocycles. The molecule has 25 heavy (non-hydrogen) atoms. The fourth-order valence-corrected chi connectivity index (χ4v) is 4.20. The zero-order valence-electron chi connectivity index (χ0n) is 14.8. The van der Waals surface area contributed by atoms with Crippen molar-refractivity contribution in [2.45, 2.75) is 43.7 Å². The van der Waals surface area contributed by atoms with Crippen molar-refractivity contribution in [1.82, 2.24) is 4.90 Å². The Morgan fingerprint density at radius 3 is 2.36 bits per heavy atom. The van der Waals surface area contributed by atoms with Crippen LogP contribution in [-0.4, -0.2) is 35.5 Å². The summed E-state index contributed by atoms with van der Waals surface area (Å²) in [5.41, 5.74) is 1.16. The Kier molecular flexibility index (Phi) is 5.67. The van der Waals surface area contributed by atoms with Crippen molar-refractivity contribution in [2.24, 2.45) is 0 Å². The Bertz CT molecular complexity index is 673. The first-order valence-corrected chi connectivity index (χ1v) is 9.11. The van der Waals surface area contributed by atoms with Crippen LogP contribution in [0.15, 0.2) is 60.7 Å². The zero-order chi connectivity index (χ0) is 17.7. The fourth-order valence-electron chi connectivity index (χ4n) is 4.20. The maximum Gasteiger partial charge on any atom is 0.226 e. The van der Waals surface area contributed by atoms with Crippen molar-refractivity contribution in [1.29, 1.82) is 0 Å². The Labute approximate surface area is 150 Å². The van der Waals surface area contributed by atoms with Gasteiger partial charge in [-0.15, -0.1) is 0 Å². The number of piperidine rings is 1. The summed E-state index contributed by atoms with van der Waals surface area (Å²) in [6.45, 7) is 2.96. The van der Waals surface area contributed by atoms with Crippen molar-refractivity contribution in [2.75, 3.05) is 13.2 Å². The smallest absolute Gasteiger partial charge is 0.226 e. The maximum absolute atomic E-state index is 12.6. The van der Waals surface area contributed by atoms with E-state index >= 15 is 0 Å². The molecule has 1 saturated heterocycles. The number of hydrogen-bond acceptors (Lipinski definition) is 3. The van der Waals surface area contributed by atoms with Crippen LogP contribution in [0.25, 0.3) is 0 Å². The normalized spacial score (nSPS) is 22.1. The van der Waals surface area contributed by atoms with E-state index in [0.717, 1.165) is 36.9 Å². The molecule has 1 aliphatic heterocycles. The van der Waals surface area contributed by atoms with Gasteiger partial charge in [0.15, 0.2) is 0 Å². The van der Waals surface area contributed by atoms with Crippen LogP contribution in [0, 0.1) is 0 Å². The first-order chi connectivity index (χ1) is 12.2. The third-order valence-corrected chi connectivity index (χ3v) is 5.59. The van der Waals surface area contributed by atoms with E-state index in [-0.39, 0.29) is 18.6 Å². The van der Waals surface area contributed by atoms with Gasteiger partial charge >= 0.3 is 0 Å². The van der Waals surface area contributed by atoms with Gasteiger partial charge in [-0.2, -0.15) is 0 Å². The van der Waals surface area contributed by atoms with Gasteiger partial charge in [-0.05, 0) is 30.5 Å². The fraction of sp³-hybridized carbons (Fsp3) is 0.409. The standard InChI is InChI=1S/C22H26NO2/c1-18(19-10-4-2-5-11-19)22(17-25,20-12-6-3-7-13-20)23-15-9-8-14-21(23)16-24/h2-7,10-13,18,21,24H,8-9,14-16H2,1H3. The molecule has 3 unspecified atom stereocenters. The third-order valence-electron chi connectivity index (χ3n) is 5.59. The first kappa shape index (κ1) is 17.8. The molecule has 1 aliphatic rings. The molecule has 1 heterocycles. The molecule has 1 radical (unpaired) electrons. The molecule has 131 valence electrons. The lowest BCUT2D eigenvalue weighted by Crippen LogP contribution is -2.58. The van der Waals surface area contributed by atoms with Crippen LogP contribution in [0.3, 0.4) is 0 Å². The number of aliphatic hydroxyl groups excluding tert-OH is 1. The van der Waals surface area contributed by atoms with Gasteiger partial charge in [0.25, 0.3) is 0 Å². The van der Waals surface area contributed by atoms with Gasteiger partial charge in [0, 0.05) is 12.0 Å². The van der Waals surface area contributed by atoms with Crippen LogP contribution in [0.1, 0.15) is 43.2 Å². The van der Waals surface area contributed by atoms with Crippen LogP contribution < -0.4 is 0 Å². The van der Waals surface area contributed by atoms with Gasteiger partial charge in [0.1, 0.15) is 5.54 Å². The number of hydrogen-bond donors (Lipinski definition) is 1. The van der Waals surface area contributed by atoms with Gasteiger partial charge in [0.2, 0.25) is 6.29 Å². The van der Waals surface area contributed by atoms with Gasteiger partial charge in [-0.25, -0.2) is 0 Å². The predicted octanol–water partition coefficient (Wildman–Crippen LogP) is 3.64. The summed E-state index contributed by atoms with van der Waals surface area (Å²) in [5, 5.41) is 9.95. The number of likely N-dealkylation sites (tertiary alicyclic amines) is 1. The van der Waals surface area contributed by atoms with E-state index in [0.29, 0.717) is 0 Å². The van der Waals surface area contributed by atoms with Crippen LogP contribution >= 0.6 is 0 Å². The molecule has 0 amide bonds. The van der Waals surface area contributed by atoms with Crippen LogP contribution in [-0.2, 0) is 10.3 Å². The molecule has 0 spiro atoms. The molecule has 1 N–H and O–H groups in total. The maximum atomic E-state index is 12.6. The Morgan fingerprint density at radius 1 is 1.12 bits per heavy atom. The van der Waals surface area contributed by atoms with E-state index in [4.69, 9.17) is 0 Å². The molecule has 0 bridgehead atoms. The lowest BCUT2D eigenvalue weighted by atomic mass is 9.73. The average Bonchev–Trinajstić information content (AvgIpc) is 2.70. The largest absolute Gasteiger partial charge is 0.395 e. The van der Waals surface area contributed by atoms with Crippen molar-refractivity contribution >= 4 is 6.29 Å². The molecular formula is C22H26NO2. The topological polar surface area (TPSA) is 40.5 Å².